The van der Waals surface area contributed by atoms with E-state index < -0.39 is 22.7 Å². The van der Waals surface area contributed by atoms with E-state index in [2.05, 4.69) is 92.0 Å². The van der Waals surface area contributed by atoms with Gasteiger partial charge >= 0.3 is 5.97 Å². The van der Waals surface area contributed by atoms with E-state index in [1.807, 2.05) is 24.3 Å². The number of esters is 1. The van der Waals surface area contributed by atoms with Crippen LogP contribution in [0.25, 0.3) is 0 Å². The number of carbonyl (C=O) groups is 1. The summed E-state index contributed by atoms with van der Waals surface area (Å²) in [5.74, 6) is 0.439. The molecule has 1 aromatic carbocycles. The minimum Gasteiger partial charge on any atom is -0.491 e. The van der Waals surface area contributed by atoms with Gasteiger partial charge in [0.05, 0.1) is 25.4 Å². The molecular formula is C35H59ClO6Si2. The topological polar surface area (TPSA) is 74.2 Å². The molecule has 44 heavy (non-hydrogen) atoms. The number of rotatable bonds is 15. The fourth-order valence-corrected chi connectivity index (χ4v) is 7.61. The van der Waals surface area contributed by atoms with Crippen LogP contribution in [0.5, 0.6) is 5.75 Å². The van der Waals surface area contributed by atoms with Crippen molar-refractivity contribution in [3.05, 3.63) is 53.6 Å². The number of hydrogen-bond donors (Lipinski definition) is 1. The minimum atomic E-state index is -2.13. The van der Waals surface area contributed by atoms with Crippen LogP contribution in [-0.4, -0.2) is 59.7 Å². The van der Waals surface area contributed by atoms with Gasteiger partial charge in [0.2, 0.25) is 0 Å². The molecule has 5 atom stereocenters. The van der Waals surface area contributed by atoms with Crippen LogP contribution < -0.4 is 4.74 Å². The molecule has 0 amide bonds. The van der Waals surface area contributed by atoms with Gasteiger partial charge in [-0.25, -0.2) is 0 Å². The summed E-state index contributed by atoms with van der Waals surface area (Å²) in [5, 5.41) is 12.0. The van der Waals surface area contributed by atoms with Crippen LogP contribution in [-0.2, 0) is 18.4 Å². The van der Waals surface area contributed by atoms with Gasteiger partial charge in [0, 0.05) is 23.3 Å². The number of unbranched alkanes of at least 4 members (excludes halogenated alkanes) is 2. The van der Waals surface area contributed by atoms with Crippen molar-refractivity contribution in [1.82, 2.24) is 0 Å². The molecule has 0 saturated heterocycles. The zero-order valence-corrected chi connectivity index (χ0v) is 31.9. The Morgan fingerprint density at radius 1 is 1.02 bits per heavy atom. The van der Waals surface area contributed by atoms with Gasteiger partial charge < -0.3 is 23.4 Å². The molecule has 1 aliphatic rings. The van der Waals surface area contributed by atoms with E-state index in [9.17, 15) is 9.90 Å². The molecule has 9 heteroatoms. The highest BCUT2D eigenvalue weighted by atomic mass is 35.5. The maximum Gasteiger partial charge on any atom is 0.305 e. The third kappa shape index (κ3) is 11.7. The Bertz CT molecular complexity index is 1110. The molecule has 250 valence electrons. The minimum absolute atomic E-state index is 0.0119. The molecular weight excluding hydrogens is 608 g/mol. The fourth-order valence-electron chi connectivity index (χ4n) is 4.81. The predicted molar refractivity (Wildman–Crippen MR) is 187 cm³/mol. The van der Waals surface area contributed by atoms with E-state index >= 15 is 0 Å². The van der Waals surface area contributed by atoms with Crippen LogP contribution >= 0.6 is 11.6 Å². The number of hydrogen-bond acceptors (Lipinski definition) is 6. The summed E-state index contributed by atoms with van der Waals surface area (Å²) in [6.07, 6.45) is 11.3. The third-order valence-electron chi connectivity index (χ3n) is 9.64. The summed E-state index contributed by atoms with van der Waals surface area (Å²) in [6.45, 7) is 22.9. The van der Waals surface area contributed by atoms with Crippen molar-refractivity contribution in [2.75, 3.05) is 13.7 Å². The molecule has 0 spiro atoms. The monoisotopic (exact) mass is 666 g/mol. The van der Waals surface area contributed by atoms with Gasteiger partial charge in [0.1, 0.15) is 12.4 Å². The molecule has 2 rings (SSSR count). The molecule has 0 aromatic heterocycles. The molecule has 6 nitrogen and oxygen atoms in total. The molecule has 0 aliphatic heterocycles. The molecule has 0 radical (unpaired) electrons. The van der Waals surface area contributed by atoms with Crippen LogP contribution in [0.4, 0.5) is 0 Å². The van der Waals surface area contributed by atoms with Crippen molar-refractivity contribution in [1.29, 1.82) is 0 Å². The van der Waals surface area contributed by atoms with Crippen molar-refractivity contribution in [3.63, 3.8) is 0 Å². The molecule has 0 bridgehead atoms. The first kappa shape index (κ1) is 38.8. The second-order valence-electron chi connectivity index (χ2n) is 15.2. The Labute approximate surface area is 274 Å². The van der Waals surface area contributed by atoms with Crippen molar-refractivity contribution in [2.24, 2.45) is 11.8 Å². The van der Waals surface area contributed by atoms with Crippen molar-refractivity contribution < 1.29 is 28.2 Å². The third-order valence-corrected chi connectivity index (χ3v) is 18.9. The Kier molecular flexibility index (Phi) is 14.5. The van der Waals surface area contributed by atoms with E-state index in [1.165, 1.54) is 7.11 Å². The largest absolute Gasteiger partial charge is 0.491 e. The Morgan fingerprint density at radius 3 is 2.27 bits per heavy atom. The summed E-state index contributed by atoms with van der Waals surface area (Å²) in [5.41, 5.74) is 0. The van der Waals surface area contributed by atoms with Gasteiger partial charge in [0.25, 0.3) is 0 Å². The Balaban J connectivity index is 2.35. The lowest BCUT2D eigenvalue weighted by molar-refractivity contribution is -0.140. The Hall–Kier alpha value is -1.43. The lowest BCUT2D eigenvalue weighted by Gasteiger charge is -2.40. The first-order chi connectivity index (χ1) is 20.3. The average Bonchev–Trinajstić information content (AvgIpc) is 3.18. The molecule has 1 fully saturated rings. The van der Waals surface area contributed by atoms with E-state index in [0.717, 1.165) is 19.3 Å². The summed E-state index contributed by atoms with van der Waals surface area (Å²) in [6, 6.07) is 7.43. The lowest BCUT2D eigenvalue weighted by Crippen LogP contribution is -2.45. The number of benzene rings is 1. The number of allylic oxidation sites excluding steroid dienone is 1. The lowest BCUT2D eigenvalue weighted by atomic mass is 9.92. The van der Waals surface area contributed by atoms with Crippen LogP contribution in [0.3, 0.4) is 0 Å². The van der Waals surface area contributed by atoms with Gasteiger partial charge in [-0.05, 0) is 80.1 Å². The SMILES string of the molecule is COC(=O)CCCC/C=C\[C@@H]1[C@@H](/C=C/[C@H](COc2cccc(Cl)c2)O[Si](C)(C)C(C)(C)C)[C@H](O[Si](C)(C)C(C)(C)C)C[C@@H]1O. The van der Waals surface area contributed by atoms with Crippen LogP contribution in [0.2, 0.25) is 41.3 Å². The maximum absolute atomic E-state index is 11.5. The summed E-state index contributed by atoms with van der Waals surface area (Å²) in [7, 11) is -2.80. The number of ether oxygens (including phenoxy) is 2. The first-order valence-corrected chi connectivity index (χ1v) is 22.3. The number of carbonyl (C=O) groups excluding carboxylic acids is 1. The molecule has 1 N–H and O–H groups in total. The quantitative estimate of drug-likeness (QED) is 0.0870. The normalized spacial score (nSPS) is 22.6. The van der Waals surface area contributed by atoms with E-state index in [1.54, 1.807) is 0 Å². The number of aliphatic hydroxyl groups excluding tert-OH is 1. The fraction of sp³-hybridized carbons (Fsp3) is 0.686. The Morgan fingerprint density at radius 2 is 1.68 bits per heavy atom. The molecule has 0 unspecified atom stereocenters. The number of methoxy groups -OCH3 is 1. The zero-order valence-electron chi connectivity index (χ0n) is 29.1. The number of aliphatic hydroxyl groups is 1. The standard InChI is InChI=1S/C35H59ClO6Si2/c1-34(2,3)43(8,9)41-28(25-40-27-18-16-17-26(36)23-27)21-22-30-29(19-14-12-13-15-20-33(38)39-7)31(37)24-32(30)42-44(10,11)35(4,5)6/h14,16-19,21-23,28-32,37H,12-13,15,20,24-25H2,1-11H3/b19-14-,22-21+/t28-,29-,30-,31+,32-/m1/s1. The van der Waals surface area contributed by atoms with E-state index in [4.69, 9.17) is 29.9 Å². The maximum atomic E-state index is 11.5. The smallest absolute Gasteiger partial charge is 0.305 e. The summed E-state index contributed by atoms with van der Waals surface area (Å²) in [4.78, 5) is 11.5. The highest BCUT2D eigenvalue weighted by Gasteiger charge is 2.46. The highest BCUT2D eigenvalue weighted by Crippen LogP contribution is 2.44. The predicted octanol–water partition coefficient (Wildman–Crippen LogP) is 9.34. The molecule has 1 aliphatic carbocycles. The van der Waals surface area contributed by atoms with Gasteiger partial charge in [0.15, 0.2) is 16.6 Å². The highest BCUT2D eigenvalue weighted by molar-refractivity contribution is 6.74. The second kappa shape index (κ2) is 16.4. The van der Waals surface area contributed by atoms with Crippen molar-refractivity contribution >= 4 is 34.2 Å². The second-order valence-corrected chi connectivity index (χ2v) is 25.1. The number of halogens is 1. The average molecular weight is 667 g/mol. The molecule has 0 heterocycles. The summed E-state index contributed by atoms with van der Waals surface area (Å²) >= 11 is 6.21. The van der Waals surface area contributed by atoms with E-state index in [0.29, 0.717) is 30.2 Å². The zero-order chi connectivity index (χ0) is 33.3. The summed E-state index contributed by atoms with van der Waals surface area (Å²) < 4.78 is 24.8. The van der Waals surface area contributed by atoms with Crippen molar-refractivity contribution in [2.45, 2.75) is 128 Å². The van der Waals surface area contributed by atoms with Crippen LogP contribution in [0.15, 0.2) is 48.6 Å². The molecule has 1 saturated carbocycles. The van der Waals surface area contributed by atoms with Crippen molar-refractivity contribution in [3.8, 4) is 5.75 Å². The van der Waals surface area contributed by atoms with E-state index in [-0.39, 0.29) is 40.1 Å². The molecule has 1 aromatic rings. The van der Waals surface area contributed by atoms with Gasteiger partial charge in [-0.2, -0.15) is 0 Å². The van der Waals surface area contributed by atoms with Gasteiger partial charge in [-0.15, -0.1) is 0 Å². The van der Waals surface area contributed by atoms with Crippen LogP contribution in [0, 0.1) is 11.8 Å². The van der Waals surface area contributed by atoms with Gasteiger partial charge in [-0.1, -0.05) is 83.5 Å². The van der Waals surface area contributed by atoms with Gasteiger partial charge in [-0.3, -0.25) is 4.79 Å². The van der Waals surface area contributed by atoms with Crippen LogP contribution in [0.1, 0.15) is 73.6 Å². The first-order valence-electron chi connectivity index (χ1n) is 16.1.